The van der Waals surface area contributed by atoms with E-state index in [1.165, 1.54) is 24.3 Å². The number of hydrogen-bond donors (Lipinski definition) is 3. The molecule has 0 unspecified atom stereocenters. The number of H-pyrrole nitrogens is 1. The average molecular weight is 463 g/mol. The molecule has 1 aliphatic heterocycles. The highest BCUT2D eigenvalue weighted by atomic mass is 19.1. The van der Waals surface area contributed by atoms with Crippen LogP contribution < -0.4 is 10.6 Å². The molecule has 0 atom stereocenters. The Morgan fingerprint density at radius 2 is 1.85 bits per heavy atom. The lowest BCUT2D eigenvalue weighted by molar-refractivity contribution is 0.0904. The molecule has 5 rings (SSSR count). The number of benzene rings is 3. The molecule has 6 nitrogen and oxygen atoms in total. The van der Waals surface area contributed by atoms with E-state index in [2.05, 4.69) is 20.8 Å². The Bertz CT molecular complexity index is 1330. The number of aromatic amines is 1. The SMILES string of the molecule is O=C(Nc1n[nH]c2ccc(Cc3cccc(F)c3)cc12)c1cc(NC2CCOCC2)ccc1F. The second-order valence-corrected chi connectivity index (χ2v) is 8.44. The lowest BCUT2D eigenvalue weighted by atomic mass is 10.0. The number of nitrogens with one attached hydrogen (secondary N) is 3. The van der Waals surface area contributed by atoms with Gasteiger partial charge in [-0.3, -0.25) is 9.89 Å². The minimum absolute atomic E-state index is 0.0656. The normalized spacial score (nSPS) is 14.3. The van der Waals surface area contributed by atoms with Crippen LogP contribution >= 0.6 is 0 Å². The van der Waals surface area contributed by atoms with Gasteiger partial charge in [0.1, 0.15) is 11.6 Å². The molecule has 1 amide bonds. The third kappa shape index (κ3) is 4.92. The number of amides is 1. The molecule has 34 heavy (non-hydrogen) atoms. The van der Waals surface area contributed by atoms with Crippen molar-refractivity contribution in [3.05, 3.63) is 89.0 Å². The van der Waals surface area contributed by atoms with Gasteiger partial charge in [-0.1, -0.05) is 18.2 Å². The van der Waals surface area contributed by atoms with Crippen LogP contribution in [-0.4, -0.2) is 35.4 Å². The van der Waals surface area contributed by atoms with Crippen molar-refractivity contribution in [1.82, 2.24) is 10.2 Å². The van der Waals surface area contributed by atoms with E-state index in [0.717, 1.165) is 29.5 Å². The molecule has 3 N–H and O–H groups in total. The van der Waals surface area contributed by atoms with Gasteiger partial charge in [0.15, 0.2) is 5.82 Å². The van der Waals surface area contributed by atoms with E-state index in [1.807, 2.05) is 24.3 Å². The monoisotopic (exact) mass is 462 g/mol. The number of halogens is 2. The van der Waals surface area contributed by atoms with Crippen LogP contribution in [0.2, 0.25) is 0 Å². The maximum Gasteiger partial charge on any atom is 0.259 e. The third-order valence-corrected chi connectivity index (χ3v) is 5.96. The number of ether oxygens (including phenoxy) is 1. The molecular formula is C26H24F2N4O2. The van der Waals surface area contributed by atoms with Crippen molar-refractivity contribution in [1.29, 1.82) is 0 Å². The predicted molar refractivity (Wildman–Crippen MR) is 127 cm³/mol. The minimum Gasteiger partial charge on any atom is -0.382 e. The van der Waals surface area contributed by atoms with Gasteiger partial charge in [0.05, 0.1) is 11.1 Å². The van der Waals surface area contributed by atoms with Crippen LogP contribution in [0, 0.1) is 11.6 Å². The first-order valence-corrected chi connectivity index (χ1v) is 11.2. The minimum atomic E-state index is -0.610. The number of hydrogen-bond acceptors (Lipinski definition) is 4. The molecule has 0 bridgehead atoms. The summed E-state index contributed by atoms with van der Waals surface area (Å²) in [5.74, 6) is -1.17. The third-order valence-electron chi connectivity index (χ3n) is 5.96. The van der Waals surface area contributed by atoms with Crippen molar-refractivity contribution >= 4 is 28.3 Å². The summed E-state index contributed by atoms with van der Waals surface area (Å²) in [6.07, 6.45) is 2.24. The van der Waals surface area contributed by atoms with Gasteiger partial charge in [-0.2, -0.15) is 5.10 Å². The highest BCUT2D eigenvalue weighted by molar-refractivity contribution is 6.08. The molecular weight excluding hydrogens is 438 g/mol. The Morgan fingerprint density at radius 1 is 1.03 bits per heavy atom. The van der Waals surface area contributed by atoms with Crippen LogP contribution in [0.5, 0.6) is 0 Å². The molecule has 8 heteroatoms. The fraction of sp³-hybridized carbons (Fsp3) is 0.231. The zero-order chi connectivity index (χ0) is 23.5. The number of nitrogens with zero attached hydrogens (tertiary/aromatic N) is 1. The molecule has 2 heterocycles. The van der Waals surface area contributed by atoms with Crippen molar-refractivity contribution in [3.8, 4) is 0 Å². The van der Waals surface area contributed by atoms with Gasteiger partial charge in [0.2, 0.25) is 0 Å². The molecule has 174 valence electrons. The topological polar surface area (TPSA) is 79.0 Å². The van der Waals surface area contributed by atoms with Gasteiger partial charge in [-0.15, -0.1) is 0 Å². The fourth-order valence-electron chi connectivity index (χ4n) is 4.19. The summed E-state index contributed by atoms with van der Waals surface area (Å²) in [5, 5.41) is 13.9. The molecule has 1 fully saturated rings. The van der Waals surface area contributed by atoms with Gasteiger partial charge in [-0.05, 0) is 72.9 Å². The van der Waals surface area contributed by atoms with Gasteiger partial charge >= 0.3 is 0 Å². The zero-order valence-corrected chi connectivity index (χ0v) is 18.4. The van der Waals surface area contributed by atoms with E-state index in [1.54, 1.807) is 12.1 Å². The largest absolute Gasteiger partial charge is 0.382 e. The Labute approximate surface area is 195 Å². The smallest absolute Gasteiger partial charge is 0.259 e. The number of rotatable bonds is 6. The Balaban J connectivity index is 1.35. The molecule has 1 saturated heterocycles. The van der Waals surface area contributed by atoms with E-state index in [9.17, 15) is 13.6 Å². The summed E-state index contributed by atoms with van der Waals surface area (Å²) < 4.78 is 33.4. The van der Waals surface area contributed by atoms with E-state index >= 15 is 0 Å². The van der Waals surface area contributed by atoms with E-state index in [4.69, 9.17) is 4.74 Å². The van der Waals surface area contributed by atoms with Crippen LogP contribution in [0.3, 0.4) is 0 Å². The average Bonchev–Trinajstić information content (AvgIpc) is 3.23. The lowest BCUT2D eigenvalue weighted by Crippen LogP contribution is -2.28. The van der Waals surface area contributed by atoms with Crippen LogP contribution in [0.25, 0.3) is 10.9 Å². The summed E-state index contributed by atoms with van der Waals surface area (Å²) in [6.45, 7) is 1.36. The van der Waals surface area contributed by atoms with Gasteiger partial charge < -0.3 is 15.4 Å². The summed E-state index contributed by atoms with van der Waals surface area (Å²) in [5.41, 5.74) is 3.12. The first kappa shape index (κ1) is 22.0. The first-order chi connectivity index (χ1) is 16.5. The highest BCUT2D eigenvalue weighted by Crippen LogP contribution is 2.25. The number of carbonyl (C=O) groups is 1. The molecule has 0 saturated carbocycles. The molecule has 3 aromatic carbocycles. The maximum atomic E-state index is 14.5. The van der Waals surface area contributed by atoms with Crippen LogP contribution in [0.4, 0.5) is 20.3 Å². The van der Waals surface area contributed by atoms with Crippen molar-refractivity contribution in [3.63, 3.8) is 0 Å². The zero-order valence-electron chi connectivity index (χ0n) is 18.4. The van der Waals surface area contributed by atoms with E-state index < -0.39 is 11.7 Å². The maximum absolute atomic E-state index is 14.5. The lowest BCUT2D eigenvalue weighted by Gasteiger charge is -2.24. The van der Waals surface area contributed by atoms with Crippen LogP contribution in [-0.2, 0) is 11.2 Å². The summed E-state index contributed by atoms with van der Waals surface area (Å²) >= 11 is 0. The first-order valence-electron chi connectivity index (χ1n) is 11.2. The Hall–Kier alpha value is -3.78. The van der Waals surface area contributed by atoms with Crippen molar-refractivity contribution in [2.24, 2.45) is 0 Å². The van der Waals surface area contributed by atoms with Crippen molar-refractivity contribution in [2.45, 2.75) is 25.3 Å². The Morgan fingerprint density at radius 3 is 2.68 bits per heavy atom. The quantitative estimate of drug-likeness (QED) is 0.365. The van der Waals surface area contributed by atoms with E-state index in [0.29, 0.717) is 36.5 Å². The molecule has 0 aliphatic carbocycles. The summed E-state index contributed by atoms with van der Waals surface area (Å²) in [7, 11) is 0. The van der Waals surface area contributed by atoms with Crippen molar-refractivity contribution < 1.29 is 18.3 Å². The highest BCUT2D eigenvalue weighted by Gasteiger charge is 2.18. The van der Waals surface area contributed by atoms with Crippen LogP contribution in [0.15, 0.2) is 60.7 Å². The molecule has 4 aromatic rings. The van der Waals surface area contributed by atoms with E-state index in [-0.39, 0.29) is 17.4 Å². The number of carbonyl (C=O) groups excluding carboxylic acids is 1. The number of fused-ring (bicyclic) bond motifs is 1. The van der Waals surface area contributed by atoms with Gasteiger partial charge in [0, 0.05) is 30.3 Å². The molecule has 1 aromatic heterocycles. The molecule has 0 radical (unpaired) electrons. The fourth-order valence-corrected chi connectivity index (χ4v) is 4.19. The Kier molecular flexibility index (Phi) is 6.22. The summed E-state index contributed by atoms with van der Waals surface area (Å²) in [6, 6.07) is 16.7. The van der Waals surface area contributed by atoms with Gasteiger partial charge in [0.25, 0.3) is 5.91 Å². The second-order valence-electron chi connectivity index (χ2n) is 8.44. The molecule has 1 aliphatic rings. The molecule has 0 spiro atoms. The van der Waals surface area contributed by atoms with Crippen LogP contribution in [0.1, 0.15) is 34.3 Å². The van der Waals surface area contributed by atoms with Gasteiger partial charge in [-0.25, -0.2) is 8.78 Å². The van der Waals surface area contributed by atoms with Crippen molar-refractivity contribution in [2.75, 3.05) is 23.8 Å². The predicted octanol–water partition coefficient (Wildman–Crippen LogP) is 5.28. The number of aromatic nitrogens is 2. The standard InChI is InChI=1S/C26H24F2N4O2/c27-18-3-1-2-16(13-18)12-17-4-7-24-22(14-17)25(32-31-24)30-26(33)21-15-20(5-6-23(21)28)29-19-8-10-34-11-9-19/h1-7,13-15,19,29H,8-12H2,(H2,30,31,32,33). The number of anilines is 2. The second kappa shape index (κ2) is 9.61. The summed E-state index contributed by atoms with van der Waals surface area (Å²) in [4.78, 5) is 12.9.